The molecule has 2 aromatic rings. The largest absolute Gasteiger partial charge is 0.461 e. The molecule has 3 rings (SSSR count). The fraction of sp³-hybridized carbons (Fsp3) is 0.346. The second-order valence-corrected chi connectivity index (χ2v) is 8.18. The SMILES string of the molecule is CCOC(=O)N1C(C)=NC(C)=C(C(=O)OCCNCc2ccccc2C)C1c1ccccc1[N+](=O)[O-]. The molecule has 0 saturated heterocycles. The summed E-state index contributed by atoms with van der Waals surface area (Å²) in [6.45, 7) is 8.02. The summed E-state index contributed by atoms with van der Waals surface area (Å²) in [7, 11) is 0. The molecule has 10 heteroatoms. The van der Waals surface area contributed by atoms with E-state index >= 15 is 0 Å². The molecule has 0 aliphatic carbocycles. The number of para-hydroxylation sites is 1. The number of esters is 1. The first-order chi connectivity index (χ1) is 17.3. The topological polar surface area (TPSA) is 123 Å². The monoisotopic (exact) mass is 494 g/mol. The molecule has 1 atom stereocenters. The molecule has 36 heavy (non-hydrogen) atoms. The summed E-state index contributed by atoms with van der Waals surface area (Å²) in [5.41, 5.74) is 2.58. The van der Waals surface area contributed by atoms with Crippen molar-refractivity contribution in [3.63, 3.8) is 0 Å². The van der Waals surface area contributed by atoms with Crippen LogP contribution in [0.5, 0.6) is 0 Å². The van der Waals surface area contributed by atoms with E-state index in [1.54, 1.807) is 26.8 Å². The zero-order valence-electron chi connectivity index (χ0n) is 20.8. The van der Waals surface area contributed by atoms with E-state index in [0.29, 0.717) is 18.8 Å². The molecule has 1 amide bonds. The highest BCUT2D eigenvalue weighted by atomic mass is 16.6. The van der Waals surface area contributed by atoms with Crippen molar-refractivity contribution < 1.29 is 24.0 Å². The molecule has 0 fully saturated rings. The van der Waals surface area contributed by atoms with Crippen LogP contribution in [-0.4, -0.2) is 47.5 Å². The van der Waals surface area contributed by atoms with Gasteiger partial charge in [-0.15, -0.1) is 0 Å². The summed E-state index contributed by atoms with van der Waals surface area (Å²) >= 11 is 0. The smallest absolute Gasteiger partial charge is 0.416 e. The van der Waals surface area contributed by atoms with Gasteiger partial charge in [-0.25, -0.2) is 14.6 Å². The van der Waals surface area contributed by atoms with E-state index in [2.05, 4.69) is 10.3 Å². The molecule has 1 N–H and O–H groups in total. The number of nitro benzene ring substituents is 1. The summed E-state index contributed by atoms with van der Waals surface area (Å²) in [6.07, 6.45) is -0.764. The van der Waals surface area contributed by atoms with Crippen molar-refractivity contribution in [1.82, 2.24) is 10.2 Å². The van der Waals surface area contributed by atoms with Crippen molar-refractivity contribution in [3.8, 4) is 0 Å². The molecule has 0 radical (unpaired) electrons. The maximum absolute atomic E-state index is 13.3. The number of aryl methyl sites for hydroxylation is 1. The van der Waals surface area contributed by atoms with Crippen LogP contribution in [0.15, 0.2) is 64.8 Å². The number of benzene rings is 2. The van der Waals surface area contributed by atoms with Crippen molar-refractivity contribution >= 4 is 23.6 Å². The van der Waals surface area contributed by atoms with Crippen LogP contribution in [-0.2, 0) is 20.8 Å². The van der Waals surface area contributed by atoms with Crippen LogP contribution in [0.2, 0.25) is 0 Å². The Bertz CT molecular complexity index is 1210. The van der Waals surface area contributed by atoms with Crippen LogP contribution in [0.1, 0.15) is 43.5 Å². The molecule has 0 bridgehead atoms. The number of ether oxygens (including phenoxy) is 2. The van der Waals surface area contributed by atoms with E-state index in [0.717, 1.165) is 16.0 Å². The zero-order valence-corrected chi connectivity index (χ0v) is 20.8. The highest BCUT2D eigenvalue weighted by molar-refractivity contribution is 6.01. The minimum Gasteiger partial charge on any atom is -0.461 e. The van der Waals surface area contributed by atoms with Crippen molar-refractivity contribution in [2.75, 3.05) is 19.8 Å². The Kier molecular flexibility index (Phi) is 8.91. The van der Waals surface area contributed by atoms with Crippen molar-refractivity contribution in [2.45, 2.75) is 40.3 Å². The standard InChI is InChI=1S/C26H30N4O6/c1-5-35-26(32)29-19(4)28-18(3)23(24(29)21-12-8-9-13-22(21)30(33)34)25(31)36-15-14-27-16-20-11-7-6-10-17(20)2/h6-13,24,27H,5,14-16H2,1-4H3. The lowest BCUT2D eigenvalue weighted by Crippen LogP contribution is -2.44. The summed E-state index contributed by atoms with van der Waals surface area (Å²) in [5, 5.41) is 15.0. The molecular formula is C26H30N4O6. The molecule has 2 aromatic carbocycles. The Morgan fingerprint density at radius 1 is 1.08 bits per heavy atom. The molecule has 1 aliphatic heterocycles. The van der Waals surface area contributed by atoms with Crippen molar-refractivity contribution in [1.29, 1.82) is 0 Å². The van der Waals surface area contributed by atoms with Crippen molar-refractivity contribution in [2.24, 2.45) is 4.99 Å². The van der Waals surface area contributed by atoms with Gasteiger partial charge in [0.15, 0.2) is 0 Å². The first-order valence-electron chi connectivity index (χ1n) is 11.6. The number of amidine groups is 1. The number of rotatable bonds is 9. The number of carbonyl (C=O) groups is 2. The van der Waals surface area contributed by atoms with E-state index in [-0.39, 0.29) is 35.9 Å². The van der Waals surface area contributed by atoms with Crippen LogP contribution >= 0.6 is 0 Å². The summed E-state index contributed by atoms with van der Waals surface area (Å²) in [5.74, 6) is -0.454. The average molecular weight is 495 g/mol. The number of carbonyl (C=O) groups excluding carboxylic acids is 2. The van der Waals surface area contributed by atoms with Crippen LogP contribution in [0.4, 0.5) is 10.5 Å². The van der Waals surface area contributed by atoms with Gasteiger partial charge >= 0.3 is 12.1 Å². The van der Waals surface area contributed by atoms with Gasteiger partial charge in [-0.2, -0.15) is 0 Å². The maximum Gasteiger partial charge on any atom is 0.416 e. The first kappa shape index (κ1) is 26.6. The fourth-order valence-corrected chi connectivity index (χ4v) is 4.07. The van der Waals surface area contributed by atoms with E-state index in [1.165, 1.54) is 18.2 Å². The molecule has 1 aliphatic rings. The minimum absolute atomic E-state index is 0.0434. The quantitative estimate of drug-likeness (QED) is 0.236. The zero-order chi connectivity index (χ0) is 26.2. The van der Waals surface area contributed by atoms with Gasteiger partial charge in [0, 0.05) is 19.2 Å². The molecule has 1 unspecified atom stereocenters. The third-order valence-corrected chi connectivity index (χ3v) is 5.80. The second kappa shape index (κ2) is 12.1. The number of hydrogen-bond donors (Lipinski definition) is 1. The lowest BCUT2D eigenvalue weighted by Gasteiger charge is -2.35. The number of allylic oxidation sites excluding steroid dienone is 1. The van der Waals surface area contributed by atoms with Crippen molar-refractivity contribution in [3.05, 3.63) is 86.6 Å². The third-order valence-electron chi connectivity index (χ3n) is 5.80. The molecule has 1 heterocycles. The van der Waals surface area contributed by atoms with E-state index in [9.17, 15) is 19.7 Å². The number of nitrogens with one attached hydrogen (secondary N) is 1. The predicted molar refractivity (Wildman–Crippen MR) is 134 cm³/mol. The van der Waals surface area contributed by atoms with Gasteiger partial charge < -0.3 is 14.8 Å². The summed E-state index contributed by atoms with van der Waals surface area (Å²) in [4.78, 5) is 42.9. The third kappa shape index (κ3) is 5.95. The minimum atomic E-state index is -1.13. The number of amides is 1. The Morgan fingerprint density at radius 2 is 1.78 bits per heavy atom. The maximum atomic E-state index is 13.3. The van der Waals surface area contributed by atoms with Gasteiger partial charge in [0.2, 0.25) is 0 Å². The fourth-order valence-electron chi connectivity index (χ4n) is 4.07. The van der Waals surface area contributed by atoms with Gasteiger partial charge in [-0.05, 0) is 44.9 Å². The predicted octanol–water partition coefficient (Wildman–Crippen LogP) is 4.44. The number of nitrogens with zero attached hydrogens (tertiary/aromatic N) is 3. The average Bonchev–Trinajstić information content (AvgIpc) is 2.84. The van der Waals surface area contributed by atoms with Gasteiger partial charge in [0.1, 0.15) is 18.5 Å². The second-order valence-electron chi connectivity index (χ2n) is 8.18. The Labute approximate surface area is 209 Å². The van der Waals surface area contributed by atoms with Crippen LogP contribution in [0.25, 0.3) is 0 Å². The van der Waals surface area contributed by atoms with Crippen LogP contribution in [0, 0.1) is 17.0 Å². The summed E-state index contributed by atoms with van der Waals surface area (Å²) in [6, 6.07) is 12.8. The number of nitro groups is 1. The Hall–Kier alpha value is -4.05. The molecule has 0 aromatic heterocycles. The van der Waals surface area contributed by atoms with E-state index in [4.69, 9.17) is 9.47 Å². The molecule has 0 saturated carbocycles. The van der Waals surface area contributed by atoms with Gasteiger partial charge in [0.25, 0.3) is 5.69 Å². The Morgan fingerprint density at radius 3 is 2.47 bits per heavy atom. The number of aliphatic imine (C=N–C) groups is 1. The highest BCUT2D eigenvalue weighted by Gasteiger charge is 2.42. The lowest BCUT2D eigenvalue weighted by atomic mass is 9.93. The first-order valence-corrected chi connectivity index (χ1v) is 11.6. The van der Waals surface area contributed by atoms with Crippen LogP contribution < -0.4 is 5.32 Å². The highest BCUT2D eigenvalue weighted by Crippen LogP contribution is 2.40. The molecule has 190 valence electrons. The van der Waals surface area contributed by atoms with Gasteiger partial charge in [-0.1, -0.05) is 36.4 Å². The van der Waals surface area contributed by atoms with Gasteiger partial charge in [0.05, 0.1) is 28.4 Å². The van der Waals surface area contributed by atoms with E-state index in [1.807, 2.05) is 31.2 Å². The van der Waals surface area contributed by atoms with E-state index < -0.39 is 23.0 Å². The lowest BCUT2D eigenvalue weighted by molar-refractivity contribution is -0.385. The summed E-state index contributed by atoms with van der Waals surface area (Å²) < 4.78 is 10.7. The molecular weight excluding hydrogens is 464 g/mol. The number of hydrogen-bond acceptors (Lipinski definition) is 8. The Balaban J connectivity index is 1.85. The van der Waals surface area contributed by atoms with Crippen LogP contribution in [0.3, 0.4) is 0 Å². The molecule has 10 nitrogen and oxygen atoms in total. The van der Waals surface area contributed by atoms with Gasteiger partial charge in [-0.3, -0.25) is 15.0 Å². The normalized spacial score (nSPS) is 15.4. The molecule has 0 spiro atoms.